The van der Waals surface area contributed by atoms with Crippen LogP contribution in [0.5, 0.6) is 0 Å². The minimum atomic E-state index is 0.671. The fraction of sp³-hybridized carbons (Fsp3) is 0.400. The van der Waals surface area contributed by atoms with Crippen LogP contribution in [0.4, 0.5) is 0 Å². The molecule has 1 aromatic rings. The smallest absolute Gasteiger partial charge is 0.0716 e. The topological polar surface area (TPSA) is 9.23 Å². The van der Waals surface area contributed by atoms with Gasteiger partial charge in [0.05, 0.1) is 6.61 Å². The summed E-state index contributed by atoms with van der Waals surface area (Å²) in [4.78, 5) is 0. The normalized spacial score (nSPS) is 10.3. The lowest BCUT2D eigenvalue weighted by molar-refractivity contribution is 0.122. The summed E-state index contributed by atoms with van der Waals surface area (Å²) in [6, 6.07) is 7.72. The van der Waals surface area contributed by atoms with Gasteiger partial charge in [-0.3, -0.25) is 0 Å². The third-order valence-corrected chi connectivity index (χ3v) is 2.42. The molecule has 0 amide bonds. The van der Waals surface area contributed by atoms with Crippen molar-refractivity contribution in [1.29, 1.82) is 0 Å². The maximum Gasteiger partial charge on any atom is 0.0716 e. The molecule has 0 bridgehead atoms. The van der Waals surface area contributed by atoms with Crippen LogP contribution in [0.1, 0.15) is 12.0 Å². The quantitative estimate of drug-likeness (QED) is 0.582. The third-order valence-electron chi connectivity index (χ3n) is 1.60. The monoisotopic (exact) mass is 262 g/mol. The van der Waals surface area contributed by atoms with Crippen molar-refractivity contribution in [3.05, 3.63) is 34.9 Å². The van der Waals surface area contributed by atoms with E-state index in [-0.39, 0.29) is 0 Å². The van der Waals surface area contributed by atoms with Gasteiger partial charge in [0.2, 0.25) is 0 Å². The Kier molecular flexibility index (Phi) is 5.44. The van der Waals surface area contributed by atoms with Crippen molar-refractivity contribution in [3.8, 4) is 0 Å². The number of hydrogen-bond donors (Lipinski definition) is 0. The van der Waals surface area contributed by atoms with Gasteiger partial charge in [0.25, 0.3) is 0 Å². The molecule has 0 aliphatic rings. The Morgan fingerprint density at radius 1 is 1.23 bits per heavy atom. The highest BCUT2D eigenvalue weighted by atomic mass is 79.9. The van der Waals surface area contributed by atoms with Crippen molar-refractivity contribution in [2.75, 3.05) is 11.9 Å². The molecule has 13 heavy (non-hydrogen) atoms. The van der Waals surface area contributed by atoms with E-state index in [2.05, 4.69) is 15.9 Å². The first kappa shape index (κ1) is 11.0. The predicted octanol–water partition coefficient (Wildman–Crippen LogP) is 3.64. The van der Waals surface area contributed by atoms with Crippen LogP contribution >= 0.6 is 27.5 Å². The van der Waals surface area contributed by atoms with E-state index in [1.165, 1.54) is 5.56 Å². The van der Waals surface area contributed by atoms with Crippen molar-refractivity contribution in [2.45, 2.75) is 13.0 Å². The first-order valence-electron chi connectivity index (χ1n) is 4.21. The maximum atomic E-state index is 5.75. The highest BCUT2D eigenvalue weighted by Gasteiger charge is 1.92. The molecule has 0 saturated heterocycles. The molecule has 0 spiro atoms. The maximum absolute atomic E-state index is 5.75. The molecule has 72 valence electrons. The van der Waals surface area contributed by atoms with Gasteiger partial charge in [0, 0.05) is 17.0 Å². The summed E-state index contributed by atoms with van der Waals surface area (Å²) in [7, 11) is 0. The molecule has 0 fully saturated rings. The molecule has 0 radical (unpaired) electrons. The Labute approximate surface area is 92.2 Å². The number of halogens is 2. The van der Waals surface area contributed by atoms with Crippen LogP contribution in [0.2, 0.25) is 5.02 Å². The first-order chi connectivity index (χ1) is 6.33. The average Bonchev–Trinajstić information content (AvgIpc) is 2.15. The molecule has 0 aliphatic heterocycles. The number of hydrogen-bond acceptors (Lipinski definition) is 1. The lowest BCUT2D eigenvalue weighted by Gasteiger charge is -2.02. The largest absolute Gasteiger partial charge is 0.377 e. The van der Waals surface area contributed by atoms with Crippen LogP contribution in [0.3, 0.4) is 0 Å². The van der Waals surface area contributed by atoms with Gasteiger partial charge in [0.1, 0.15) is 0 Å². The number of benzene rings is 1. The van der Waals surface area contributed by atoms with Crippen molar-refractivity contribution < 1.29 is 4.74 Å². The van der Waals surface area contributed by atoms with E-state index in [9.17, 15) is 0 Å². The van der Waals surface area contributed by atoms with Gasteiger partial charge in [-0.25, -0.2) is 0 Å². The zero-order valence-electron chi connectivity index (χ0n) is 7.30. The van der Waals surface area contributed by atoms with Crippen molar-refractivity contribution in [1.82, 2.24) is 0 Å². The Bertz CT molecular complexity index is 235. The van der Waals surface area contributed by atoms with Crippen LogP contribution in [0, 0.1) is 0 Å². The molecule has 0 aromatic heterocycles. The third kappa shape index (κ3) is 4.65. The van der Waals surface area contributed by atoms with Gasteiger partial charge < -0.3 is 4.74 Å². The van der Waals surface area contributed by atoms with E-state index < -0.39 is 0 Å². The molecule has 3 heteroatoms. The van der Waals surface area contributed by atoms with Gasteiger partial charge in [-0.1, -0.05) is 39.7 Å². The van der Waals surface area contributed by atoms with E-state index in [1.807, 2.05) is 24.3 Å². The SMILES string of the molecule is Clc1ccc(COCCCBr)cc1. The Hall–Kier alpha value is -0.0500. The summed E-state index contributed by atoms with van der Waals surface area (Å²) < 4.78 is 5.43. The van der Waals surface area contributed by atoms with Gasteiger partial charge >= 0.3 is 0 Å². The lowest BCUT2D eigenvalue weighted by Crippen LogP contribution is -1.95. The van der Waals surface area contributed by atoms with Crippen LogP contribution in [-0.2, 0) is 11.3 Å². The zero-order valence-corrected chi connectivity index (χ0v) is 9.64. The molecule has 0 atom stereocenters. The molecule has 0 unspecified atom stereocenters. The van der Waals surface area contributed by atoms with Crippen LogP contribution in [-0.4, -0.2) is 11.9 Å². The average molecular weight is 264 g/mol. The molecular formula is C10H12BrClO. The number of rotatable bonds is 5. The Balaban J connectivity index is 2.25. The molecule has 0 aliphatic carbocycles. The van der Waals surface area contributed by atoms with E-state index in [0.717, 1.165) is 23.4 Å². The summed E-state index contributed by atoms with van der Waals surface area (Å²) >= 11 is 9.10. The minimum absolute atomic E-state index is 0.671. The standard InChI is InChI=1S/C10H12BrClO/c11-6-1-7-13-8-9-2-4-10(12)5-3-9/h2-5H,1,6-8H2. The van der Waals surface area contributed by atoms with Gasteiger partial charge in [-0.15, -0.1) is 0 Å². The van der Waals surface area contributed by atoms with Gasteiger partial charge in [0.15, 0.2) is 0 Å². The van der Waals surface area contributed by atoms with E-state index in [4.69, 9.17) is 16.3 Å². The van der Waals surface area contributed by atoms with Crippen molar-refractivity contribution in [3.63, 3.8) is 0 Å². The number of alkyl halides is 1. The minimum Gasteiger partial charge on any atom is -0.377 e. The second-order valence-electron chi connectivity index (χ2n) is 2.72. The Morgan fingerprint density at radius 3 is 2.54 bits per heavy atom. The van der Waals surface area contributed by atoms with Crippen molar-refractivity contribution >= 4 is 27.5 Å². The Morgan fingerprint density at radius 2 is 1.92 bits per heavy atom. The predicted molar refractivity (Wildman–Crippen MR) is 59.5 cm³/mol. The van der Waals surface area contributed by atoms with E-state index in [1.54, 1.807) is 0 Å². The van der Waals surface area contributed by atoms with Gasteiger partial charge in [-0.2, -0.15) is 0 Å². The second-order valence-corrected chi connectivity index (χ2v) is 3.95. The van der Waals surface area contributed by atoms with E-state index >= 15 is 0 Å². The van der Waals surface area contributed by atoms with Gasteiger partial charge in [-0.05, 0) is 24.1 Å². The fourth-order valence-electron chi connectivity index (χ4n) is 0.927. The lowest BCUT2D eigenvalue weighted by atomic mass is 10.2. The molecule has 1 rings (SSSR count). The zero-order chi connectivity index (χ0) is 9.52. The van der Waals surface area contributed by atoms with Crippen LogP contribution in [0.15, 0.2) is 24.3 Å². The van der Waals surface area contributed by atoms with Crippen molar-refractivity contribution in [2.24, 2.45) is 0 Å². The fourth-order valence-corrected chi connectivity index (χ4v) is 1.28. The second kappa shape index (κ2) is 6.41. The molecule has 0 N–H and O–H groups in total. The number of ether oxygens (including phenoxy) is 1. The molecule has 1 aromatic carbocycles. The summed E-state index contributed by atoms with van der Waals surface area (Å²) in [6.07, 6.45) is 1.05. The highest BCUT2D eigenvalue weighted by molar-refractivity contribution is 9.09. The summed E-state index contributed by atoms with van der Waals surface area (Å²) in [6.45, 7) is 1.47. The highest BCUT2D eigenvalue weighted by Crippen LogP contribution is 2.10. The summed E-state index contributed by atoms with van der Waals surface area (Å²) in [5.74, 6) is 0. The molecule has 1 nitrogen and oxygen atoms in total. The summed E-state index contributed by atoms with van der Waals surface area (Å²) in [5, 5.41) is 1.76. The van der Waals surface area contributed by atoms with E-state index in [0.29, 0.717) is 6.61 Å². The first-order valence-corrected chi connectivity index (χ1v) is 5.71. The molecule has 0 saturated carbocycles. The van der Waals surface area contributed by atoms with Crippen LogP contribution in [0.25, 0.3) is 0 Å². The molecular weight excluding hydrogens is 251 g/mol. The summed E-state index contributed by atoms with van der Waals surface area (Å²) in [5.41, 5.74) is 1.17. The molecule has 0 heterocycles. The van der Waals surface area contributed by atoms with Crippen LogP contribution < -0.4 is 0 Å².